The summed E-state index contributed by atoms with van der Waals surface area (Å²) >= 11 is 0. The van der Waals surface area contributed by atoms with Gasteiger partial charge in [0.05, 0.1) is 0 Å². The maximum atomic E-state index is 12.3. The van der Waals surface area contributed by atoms with Gasteiger partial charge in [-0.3, -0.25) is 9.59 Å². The van der Waals surface area contributed by atoms with E-state index in [-0.39, 0.29) is 24.2 Å². The van der Waals surface area contributed by atoms with Gasteiger partial charge in [0.1, 0.15) is 0 Å². The Morgan fingerprint density at radius 2 is 1.59 bits per heavy atom. The molecule has 1 aliphatic rings. The van der Waals surface area contributed by atoms with Crippen LogP contribution < -0.4 is 11.1 Å². The fraction of sp³-hybridized carbons (Fsp3) is 0.333. The van der Waals surface area contributed by atoms with Crippen LogP contribution in [0.3, 0.4) is 0 Å². The Bertz CT molecular complexity index is 770. The van der Waals surface area contributed by atoms with Crippen molar-refractivity contribution in [3.05, 3.63) is 65.2 Å². The zero-order chi connectivity index (χ0) is 18.4. The molecule has 0 saturated heterocycles. The van der Waals surface area contributed by atoms with Crippen molar-refractivity contribution in [2.45, 2.75) is 38.8 Å². The summed E-state index contributed by atoms with van der Waals surface area (Å²) in [5.41, 5.74) is 10.1. The van der Waals surface area contributed by atoms with E-state index in [9.17, 15) is 9.59 Å². The Hall–Kier alpha value is -2.53. The van der Waals surface area contributed by atoms with Crippen LogP contribution in [0.4, 0.5) is 5.69 Å². The van der Waals surface area contributed by atoms with Crippen molar-refractivity contribution in [3.8, 4) is 0 Å². The van der Waals surface area contributed by atoms with Crippen LogP contribution in [0.25, 0.3) is 0 Å². The molecule has 0 saturated carbocycles. The summed E-state index contributed by atoms with van der Waals surface area (Å²) in [4.78, 5) is 26.1. The standard InChI is InChI=1S/C21H25N3O2.ClH/c22-19-9-4-3-6-16(19)11-12-20(25)23-13-5-10-21(26)24-14-17-7-1-2-8-18(17)15-24;/h1-4,6-9H,5,10-15,22H2,(H,23,25);1H. The average Bonchev–Trinajstić information content (AvgIpc) is 3.09. The first-order chi connectivity index (χ1) is 12.6. The second kappa shape index (κ2) is 9.97. The lowest BCUT2D eigenvalue weighted by atomic mass is 10.1. The first kappa shape index (κ1) is 20.8. The van der Waals surface area contributed by atoms with Crippen molar-refractivity contribution < 1.29 is 9.59 Å². The molecule has 6 heteroatoms. The van der Waals surface area contributed by atoms with E-state index >= 15 is 0 Å². The maximum Gasteiger partial charge on any atom is 0.223 e. The Morgan fingerprint density at radius 3 is 2.26 bits per heavy atom. The molecule has 0 unspecified atom stereocenters. The number of fused-ring (bicyclic) bond motifs is 1. The molecule has 0 fully saturated rings. The van der Waals surface area contributed by atoms with Gasteiger partial charge < -0.3 is 16.0 Å². The Kier molecular flexibility index (Phi) is 7.67. The monoisotopic (exact) mass is 387 g/mol. The highest BCUT2D eigenvalue weighted by atomic mass is 35.5. The molecule has 0 aromatic heterocycles. The summed E-state index contributed by atoms with van der Waals surface area (Å²) in [6.45, 7) is 1.91. The third-order valence-electron chi connectivity index (χ3n) is 4.76. The molecule has 2 aromatic rings. The van der Waals surface area contributed by atoms with Crippen LogP contribution in [0.5, 0.6) is 0 Å². The highest BCUT2D eigenvalue weighted by Crippen LogP contribution is 2.22. The van der Waals surface area contributed by atoms with Gasteiger partial charge in [-0.15, -0.1) is 12.4 Å². The number of carbonyl (C=O) groups excluding carboxylic acids is 2. The molecule has 1 heterocycles. The molecule has 27 heavy (non-hydrogen) atoms. The molecular weight excluding hydrogens is 362 g/mol. The van der Waals surface area contributed by atoms with E-state index in [0.29, 0.717) is 45.3 Å². The Balaban J connectivity index is 0.00000261. The van der Waals surface area contributed by atoms with E-state index in [0.717, 1.165) is 11.3 Å². The largest absolute Gasteiger partial charge is 0.399 e. The lowest BCUT2D eigenvalue weighted by Gasteiger charge is -2.15. The van der Waals surface area contributed by atoms with Crippen LogP contribution in [-0.4, -0.2) is 23.3 Å². The van der Waals surface area contributed by atoms with E-state index < -0.39 is 0 Å². The van der Waals surface area contributed by atoms with Crippen molar-refractivity contribution in [2.24, 2.45) is 0 Å². The van der Waals surface area contributed by atoms with E-state index in [4.69, 9.17) is 5.73 Å². The fourth-order valence-corrected chi connectivity index (χ4v) is 3.23. The lowest BCUT2D eigenvalue weighted by molar-refractivity contribution is -0.132. The zero-order valence-corrected chi connectivity index (χ0v) is 16.1. The summed E-state index contributed by atoms with van der Waals surface area (Å²) in [5, 5.41) is 2.88. The number of rotatable bonds is 7. The predicted octanol–water partition coefficient (Wildman–Crippen LogP) is 3.06. The smallest absolute Gasteiger partial charge is 0.223 e. The fourth-order valence-electron chi connectivity index (χ4n) is 3.23. The number of hydrogen-bond donors (Lipinski definition) is 2. The van der Waals surface area contributed by atoms with E-state index in [1.165, 1.54) is 11.1 Å². The van der Waals surface area contributed by atoms with Gasteiger partial charge in [-0.25, -0.2) is 0 Å². The van der Waals surface area contributed by atoms with Crippen LogP contribution >= 0.6 is 12.4 Å². The van der Waals surface area contributed by atoms with Gasteiger partial charge in [-0.05, 0) is 35.6 Å². The van der Waals surface area contributed by atoms with Crippen LogP contribution in [0.15, 0.2) is 48.5 Å². The van der Waals surface area contributed by atoms with Crippen LogP contribution in [0.1, 0.15) is 36.0 Å². The van der Waals surface area contributed by atoms with Crippen LogP contribution in [-0.2, 0) is 29.1 Å². The Morgan fingerprint density at radius 1 is 0.963 bits per heavy atom. The van der Waals surface area contributed by atoms with Gasteiger partial charge in [0.25, 0.3) is 0 Å². The number of carbonyl (C=O) groups is 2. The molecule has 0 atom stereocenters. The van der Waals surface area contributed by atoms with Crippen molar-refractivity contribution in [1.82, 2.24) is 10.2 Å². The number of halogens is 1. The van der Waals surface area contributed by atoms with Crippen molar-refractivity contribution in [2.75, 3.05) is 12.3 Å². The molecule has 3 rings (SSSR count). The number of nitrogens with one attached hydrogen (secondary N) is 1. The number of nitrogen functional groups attached to an aromatic ring is 1. The number of nitrogens with zero attached hydrogens (tertiary/aromatic N) is 1. The molecule has 0 radical (unpaired) electrons. The number of benzene rings is 2. The molecule has 0 aliphatic carbocycles. The number of amides is 2. The first-order valence-electron chi connectivity index (χ1n) is 9.08. The quantitative estimate of drug-likeness (QED) is 0.566. The topological polar surface area (TPSA) is 75.4 Å². The van der Waals surface area contributed by atoms with Crippen LogP contribution in [0, 0.1) is 0 Å². The molecule has 2 aromatic carbocycles. The molecule has 144 valence electrons. The number of aryl methyl sites for hydroxylation is 1. The maximum absolute atomic E-state index is 12.3. The van der Waals surface area contributed by atoms with E-state index in [1.54, 1.807) is 0 Å². The molecule has 0 bridgehead atoms. The van der Waals surface area contributed by atoms with Crippen molar-refractivity contribution in [1.29, 1.82) is 0 Å². The van der Waals surface area contributed by atoms with E-state index in [1.807, 2.05) is 41.3 Å². The second-order valence-electron chi connectivity index (χ2n) is 6.67. The molecule has 2 amide bonds. The average molecular weight is 388 g/mol. The summed E-state index contributed by atoms with van der Waals surface area (Å²) in [7, 11) is 0. The van der Waals surface area contributed by atoms with Gasteiger partial charge >= 0.3 is 0 Å². The summed E-state index contributed by atoms with van der Waals surface area (Å²) in [5.74, 6) is 0.141. The minimum absolute atomic E-state index is 0. The third-order valence-corrected chi connectivity index (χ3v) is 4.76. The number of nitrogens with two attached hydrogens (primary N) is 1. The first-order valence-corrected chi connectivity index (χ1v) is 9.08. The second-order valence-corrected chi connectivity index (χ2v) is 6.67. The molecular formula is C21H26ClN3O2. The van der Waals surface area contributed by atoms with Crippen molar-refractivity contribution in [3.63, 3.8) is 0 Å². The highest BCUT2D eigenvalue weighted by molar-refractivity contribution is 5.85. The number of anilines is 1. The van der Waals surface area contributed by atoms with Gasteiger partial charge in [-0.2, -0.15) is 0 Å². The summed E-state index contributed by atoms with van der Waals surface area (Å²) < 4.78 is 0. The Labute approximate surface area is 166 Å². The summed E-state index contributed by atoms with van der Waals surface area (Å²) in [6.07, 6.45) is 2.15. The van der Waals surface area contributed by atoms with Gasteiger partial charge in [-0.1, -0.05) is 42.5 Å². The molecule has 1 aliphatic heterocycles. The molecule has 5 nitrogen and oxygen atoms in total. The zero-order valence-electron chi connectivity index (χ0n) is 15.3. The van der Waals surface area contributed by atoms with Crippen LogP contribution in [0.2, 0.25) is 0 Å². The minimum atomic E-state index is -0.00530. The van der Waals surface area contributed by atoms with Crippen molar-refractivity contribution >= 4 is 29.9 Å². The summed E-state index contributed by atoms with van der Waals surface area (Å²) in [6, 6.07) is 15.7. The minimum Gasteiger partial charge on any atom is -0.399 e. The third kappa shape index (κ3) is 5.73. The van der Waals surface area contributed by atoms with Gasteiger partial charge in [0.15, 0.2) is 0 Å². The molecule has 0 spiro atoms. The molecule has 3 N–H and O–H groups in total. The van der Waals surface area contributed by atoms with Gasteiger partial charge in [0, 0.05) is 38.2 Å². The van der Waals surface area contributed by atoms with Gasteiger partial charge in [0.2, 0.25) is 11.8 Å². The highest BCUT2D eigenvalue weighted by Gasteiger charge is 2.22. The number of para-hydroxylation sites is 1. The predicted molar refractivity (Wildman–Crippen MR) is 109 cm³/mol. The lowest BCUT2D eigenvalue weighted by Crippen LogP contribution is -2.28. The van der Waals surface area contributed by atoms with E-state index in [2.05, 4.69) is 17.4 Å². The SMILES string of the molecule is Cl.Nc1ccccc1CCC(=O)NCCCC(=O)N1Cc2ccccc2C1. The number of hydrogen-bond acceptors (Lipinski definition) is 3. The normalized spacial score (nSPS) is 12.2.